The molecule has 18 heavy (non-hydrogen) atoms. The molecule has 1 aromatic rings. The molecular weight excluding hydrogens is 234 g/mol. The van der Waals surface area contributed by atoms with Gasteiger partial charge in [0.25, 0.3) is 5.91 Å². The lowest BCUT2D eigenvalue weighted by Crippen LogP contribution is -2.41. The molecule has 1 saturated heterocycles. The number of hydrogen-bond donors (Lipinski definition) is 1. The number of amides is 1. The summed E-state index contributed by atoms with van der Waals surface area (Å²) in [5.74, 6) is -0.192. The van der Waals surface area contributed by atoms with E-state index < -0.39 is 0 Å². The van der Waals surface area contributed by atoms with Crippen LogP contribution in [0.4, 0.5) is 5.82 Å². The molecule has 2 rings (SSSR count). The number of nitrogen functional groups attached to an aromatic ring is 1. The van der Waals surface area contributed by atoms with Gasteiger partial charge in [0.15, 0.2) is 0 Å². The number of carbonyl (C=O) groups excluding carboxylic acids is 1. The maximum Gasteiger partial charge on any atom is 0.279 e. The summed E-state index contributed by atoms with van der Waals surface area (Å²) in [5, 5.41) is 6.95. The molecule has 100 valence electrons. The van der Waals surface area contributed by atoms with Crippen molar-refractivity contribution >= 4 is 11.7 Å². The van der Waals surface area contributed by atoms with Crippen LogP contribution in [0.5, 0.6) is 0 Å². The Labute approximate surface area is 106 Å². The molecule has 0 radical (unpaired) electrons. The molecule has 1 aliphatic heterocycles. The Morgan fingerprint density at radius 2 is 2.39 bits per heavy atom. The molecule has 0 aliphatic carbocycles. The van der Waals surface area contributed by atoms with E-state index in [9.17, 15) is 4.79 Å². The highest BCUT2D eigenvalue weighted by atomic mass is 16.6. The van der Waals surface area contributed by atoms with Crippen molar-refractivity contribution in [3.05, 3.63) is 5.69 Å². The van der Waals surface area contributed by atoms with Crippen molar-refractivity contribution in [2.75, 3.05) is 32.4 Å². The largest absolute Gasteiger partial charge is 0.379 e. The van der Waals surface area contributed by atoms with Crippen LogP contribution in [0.2, 0.25) is 0 Å². The lowest BCUT2D eigenvalue weighted by molar-refractivity contribution is 0.0744. The number of aromatic nitrogens is 2. The van der Waals surface area contributed by atoms with Crippen molar-refractivity contribution in [1.82, 2.24) is 20.1 Å². The minimum Gasteiger partial charge on any atom is -0.379 e. The number of carbonyl (C=O) groups is 1. The predicted molar refractivity (Wildman–Crippen MR) is 65.9 cm³/mol. The summed E-state index contributed by atoms with van der Waals surface area (Å²) in [4.78, 5) is 16.1. The summed E-state index contributed by atoms with van der Waals surface area (Å²) in [7, 11) is 1.75. The highest BCUT2D eigenvalue weighted by Gasteiger charge is 2.27. The van der Waals surface area contributed by atoms with E-state index in [2.05, 4.69) is 26.8 Å². The van der Waals surface area contributed by atoms with Gasteiger partial charge in [0.2, 0.25) is 11.5 Å². The van der Waals surface area contributed by atoms with Crippen LogP contribution in [-0.2, 0) is 0 Å². The Kier molecular flexibility index (Phi) is 3.81. The number of likely N-dealkylation sites (tertiary alicyclic amines) is 1. The van der Waals surface area contributed by atoms with E-state index in [4.69, 9.17) is 5.73 Å². The second kappa shape index (κ2) is 5.34. The molecule has 1 fully saturated rings. The molecule has 0 spiro atoms. The third-order valence-electron chi connectivity index (χ3n) is 3.45. The number of nitrogens with zero attached hydrogens (tertiary/aromatic N) is 4. The van der Waals surface area contributed by atoms with Gasteiger partial charge in [-0.3, -0.25) is 9.69 Å². The van der Waals surface area contributed by atoms with Crippen molar-refractivity contribution in [2.24, 2.45) is 0 Å². The van der Waals surface area contributed by atoms with Crippen molar-refractivity contribution in [2.45, 2.75) is 25.8 Å². The fourth-order valence-electron chi connectivity index (χ4n) is 2.44. The summed E-state index contributed by atoms with van der Waals surface area (Å²) >= 11 is 0. The summed E-state index contributed by atoms with van der Waals surface area (Å²) in [6.45, 7) is 4.94. The van der Waals surface area contributed by atoms with Gasteiger partial charge in [0.05, 0.1) is 0 Å². The molecule has 1 amide bonds. The van der Waals surface area contributed by atoms with E-state index in [-0.39, 0.29) is 17.4 Å². The van der Waals surface area contributed by atoms with Gasteiger partial charge in [-0.2, -0.15) is 0 Å². The van der Waals surface area contributed by atoms with Gasteiger partial charge in [-0.05, 0) is 36.2 Å². The maximum absolute atomic E-state index is 12.1. The van der Waals surface area contributed by atoms with Crippen molar-refractivity contribution in [3.63, 3.8) is 0 Å². The molecule has 1 unspecified atom stereocenters. The standard InChI is InChI=1S/C11H19N5O2/c1-3-16-6-4-5-8(16)7-15(2)11(17)9-10(12)14-18-13-9/h8H,3-7H2,1-2H3,(H2,12,14). The second-order valence-corrected chi connectivity index (χ2v) is 4.61. The Balaban J connectivity index is 1.98. The average Bonchev–Trinajstić information content (AvgIpc) is 2.96. The summed E-state index contributed by atoms with van der Waals surface area (Å²) in [6.07, 6.45) is 2.31. The van der Waals surface area contributed by atoms with E-state index in [0.29, 0.717) is 12.6 Å². The Hall–Kier alpha value is -1.63. The molecule has 1 atom stereocenters. The van der Waals surface area contributed by atoms with Gasteiger partial charge in [-0.1, -0.05) is 6.92 Å². The second-order valence-electron chi connectivity index (χ2n) is 4.61. The Bertz CT molecular complexity index is 419. The van der Waals surface area contributed by atoms with Crippen LogP contribution >= 0.6 is 0 Å². The fourth-order valence-corrected chi connectivity index (χ4v) is 2.44. The summed E-state index contributed by atoms with van der Waals surface area (Å²) in [5.41, 5.74) is 5.61. The monoisotopic (exact) mass is 253 g/mol. The number of anilines is 1. The lowest BCUT2D eigenvalue weighted by Gasteiger charge is -2.27. The normalized spacial score (nSPS) is 20.2. The van der Waals surface area contributed by atoms with Crippen LogP contribution < -0.4 is 5.73 Å². The fraction of sp³-hybridized carbons (Fsp3) is 0.727. The molecule has 0 saturated carbocycles. The van der Waals surface area contributed by atoms with E-state index in [0.717, 1.165) is 19.5 Å². The van der Waals surface area contributed by atoms with E-state index in [1.807, 2.05) is 0 Å². The van der Waals surface area contributed by atoms with Crippen LogP contribution in [0.3, 0.4) is 0 Å². The molecule has 1 aliphatic rings. The zero-order valence-electron chi connectivity index (χ0n) is 10.8. The van der Waals surface area contributed by atoms with Gasteiger partial charge in [0.1, 0.15) is 0 Å². The minimum absolute atomic E-state index is 0.0469. The maximum atomic E-state index is 12.1. The lowest BCUT2D eigenvalue weighted by atomic mass is 10.2. The van der Waals surface area contributed by atoms with Crippen molar-refractivity contribution < 1.29 is 9.42 Å². The summed E-state index contributed by atoms with van der Waals surface area (Å²) < 4.78 is 4.45. The number of rotatable bonds is 4. The van der Waals surface area contributed by atoms with Crippen LogP contribution in [0, 0.1) is 0 Å². The van der Waals surface area contributed by atoms with Crippen LogP contribution in [0.15, 0.2) is 4.63 Å². The topological polar surface area (TPSA) is 88.5 Å². The first-order valence-corrected chi connectivity index (χ1v) is 6.21. The van der Waals surface area contributed by atoms with E-state index in [1.54, 1.807) is 11.9 Å². The Morgan fingerprint density at radius 3 is 3.00 bits per heavy atom. The molecule has 0 aromatic carbocycles. The van der Waals surface area contributed by atoms with Crippen LogP contribution in [0.25, 0.3) is 0 Å². The molecule has 2 N–H and O–H groups in total. The zero-order chi connectivity index (χ0) is 13.1. The quantitative estimate of drug-likeness (QED) is 0.825. The van der Waals surface area contributed by atoms with Gasteiger partial charge < -0.3 is 10.6 Å². The molecule has 1 aromatic heterocycles. The van der Waals surface area contributed by atoms with Crippen LogP contribution in [0.1, 0.15) is 30.3 Å². The number of likely N-dealkylation sites (N-methyl/N-ethyl adjacent to an activating group) is 2. The van der Waals surface area contributed by atoms with E-state index in [1.165, 1.54) is 6.42 Å². The molecule has 0 bridgehead atoms. The highest BCUT2D eigenvalue weighted by Crippen LogP contribution is 2.18. The first-order chi connectivity index (χ1) is 8.63. The van der Waals surface area contributed by atoms with Crippen molar-refractivity contribution in [3.8, 4) is 0 Å². The molecule has 7 heteroatoms. The SMILES string of the molecule is CCN1CCCC1CN(C)C(=O)c1nonc1N. The predicted octanol–water partition coefficient (Wildman–Crippen LogP) is 0.208. The third kappa shape index (κ3) is 2.45. The first kappa shape index (κ1) is 12.8. The van der Waals surface area contributed by atoms with E-state index >= 15 is 0 Å². The summed E-state index contributed by atoms with van der Waals surface area (Å²) in [6, 6.07) is 0.421. The minimum atomic E-state index is -0.239. The third-order valence-corrected chi connectivity index (χ3v) is 3.45. The smallest absolute Gasteiger partial charge is 0.279 e. The highest BCUT2D eigenvalue weighted by molar-refractivity contribution is 5.95. The number of nitrogens with two attached hydrogens (primary N) is 1. The van der Waals surface area contributed by atoms with Crippen molar-refractivity contribution in [1.29, 1.82) is 0 Å². The van der Waals surface area contributed by atoms with Crippen LogP contribution in [-0.4, -0.2) is 58.7 Å². The zero-order valence-corrected chi connectivity index (χ0v) is 10.8. The van der Waals surface area contributed by atoms with Gasteiger partial charge in [-0.25, -0.2) is 4.63 Å². The molecular formula is C11H19N5O2. The Morgan fingerprint density at radius 1 is 1.61 bits per heavy atom. The van der Waals surface area contributed by atoms with Gasteiger partial charge >= 0.3 is 0 Å². The average molecular weight is 253 g/mol. The van der Waals surface area contributed by atoms with Gasteiger partial charge in [-0.15, -0.1) is 0 Å². The molecule has 2 heterocycles. The number of hydrogen-bond acceptors (Lipinski definition) is 6. The molecule has 7 nitrogen and oxygen atoms in total. The van der Waals surface area contributed by atoms with Gasteiger partial charge in [0, 0.05) is 19.6 Å². The first-order valence-electron chi connectivity index (χ1n) is 6.21.